The van der Waals surface area contributed by atoms with E-state index in [2.05, 4.69) is 9.71 Å². The second kappa shape index (κ2) is 8.08. The quantitative estimate of drug-likeness (QED) is 0.241. The van der Waals surface area contributed by atoms with E-state index in [4.69, 9.17) is 22.7 Å². The van der Waals surface area contributed by atoms with E-state index in [-0.39, 0.29) is 27.5 Å². The van der Waals surface area contributed by atoms with E-state index in [1.165, 1.54) is 35.4 Å². The second-order valence-corrected chi connectivity index (χ2v) is 10.4. The van der Waals surface area contributed by atoms with Crippen LogP contribution >= 0.6 is 22.9 Å². The molecule has 4 rings (SSSR count). The standard InChI is InChI=1S/C19H18ClN5O4S2/c20-17-16-10(3-5-23-17)8-15(30-16)31(28,29)24-13-4-6-25(19(13)27)9-12-7-11(18(21)22)1-2-14(12)26/h1-3,5,7-8,13,24,26H,4,6,9H2,(H3,21,22)/t13-/m0/s1. The Morgan fingerprint density at radius 1 is 1.39 bits per heavy atom. The number of rotatable bonds is 6. The Kier molecular flexibility index (Phi) is 5.60. The lowest BCUT2D eigenvalue weighted by Gasteiger charge is -2.18. The zero-order valence-corrected chi connectivity index (χ0v) is 18.4. The highest BCUT2D eigenvalue weighted by Gasteiger charge is 2.35. The van der Waals surface area contributed by atoms with Gasteiger partial charge in [0.1, 0.15) is 27.0 Å². The third kappa shape index (κ3) is 4.22. The number of amides is 1. The molecule has 1 aliphatic rings. The maximum Gasteiger partial charge on any atom is 0.250 e. The van der Waals surface area contributed by atoms with Gasteiger partial charge in [0, 0.05) is 30.4 Å². The van der Waals surface area contributed by atoms with E-state index in [1.54, 1.807) is 6.07 Å². The van der Waals surface area contributed by atoms with Gasteiger partial charge in [0.15, 0.2) is 0 Å². The van der Waals surface area contributed by atoms with Crippen molar-refractivity contribution in [3.05, 3.63) is 52.8 Å². The number of sulfonamides is 1. The second-order valence-electron chi connectivity index (χ2n) is 7.07. The monoisotopic (exact) mass is 479 g/mol. The van der Waals surface area contributed by atoms with Gasteiger partial charge in [-0.15, -0.1) is 11.3 Å². The van der Waals surface area contributed by atoms with Crippen molar-refractivity contribution in [3.63, 3.8) is 0 Å². The third-order valence-corrected chi connectivity index (χ3v) is 8.48. The molecule has 0 radical (unpaired) electrons. The molecule has 1 saturated heterocycles. The normalized spacial score (nSPS) is 16.9. The molecule has 0 aliphatic carbocycles. The van der Waals surface area contributed by atoms with Gasteiger partial charge in [0.25, 0.3) is 10.0 Å². The van der Waals surface area contributed by atoms with Crippen LogP contribution in [0.25, 0.3) is 10.1 Å². The number of nitrogen functional groups attached to an aromatic ring is 1. The van der Waals surface area contributed by atoms with E-state index in [1.807, 2.05) is 0 Å². The maximum absolute atomic E-state index is 12.8. The maximum atomic E-state index is 12.8. The van der Waals surface area contributed by atoms with Gasteiger partial charge in [0.05, 0.1) is 4.70 Å². The van der Waals surface area contributed by atoms with E-state index in [0.29, 0.717) is 34.2 Å². The number of hydrogen-bond acceptors (Lipinski definition) is 7. The molecule has 1 atom stereocenters. The molecule has 9 nitrogen and oxygen atoms in total. The number of benzene rings is 1. The number of hydrogen-bond donors (Lipinski definition) is 4. The highest BCUT2D eigenvalue weighted by atomic mass is 35.5. The lowest BCUT2D eigenvalue weighted by atomic mass is 10.1. The Balaban J connectivity index is 1.51. The Morgan fingerprint density at radius 2 is 2.16 bits per heavy atom. The van der Waals surface area contributed by atoms with Crippen LogP contribution in [0.2, 0.25) is 5.15 Å². The van der Waals surface area contributed by atoms with Gasteiger partial charge in [-0.3, -0.25) is 10.2 Å². The van der Waals surface area contributed by atoms with E-state index < -0.39 is 22.0 Å². The summed E-state index contributed by atoms with van der Waals surface area (Å²) < 4.78 is 28.8. The van der Waals surface area contributed by atoms with Gasteiger partial charge in [-0.1, -0.05) is 11.6 Å². The number of phenols is 1. The number of thiophene rings is 1. The van der Waals surface area contributed by atoms with Crippen molar-refractivity contribution >= 4 is 54.8 Å². The molecule has 1 fully saturated rings. The van der Waals surface area contributed by atoms with E-state index in [9.17, 15) is 18.3 Å². The molecule has 1 aliphatic heterocycles. The highest BCUT2D eigenvalue weighted by molar-refractivity contribution is 7.91. The molecule has 3 heterocycles. The third-order valence-electron chi connectivity index (χ3n) is 4.98. The van der Waals surface area contributed by atoms with Gasteiger partial charge in [0.2, 0.25) is 5.91 Å². The zero-order chi connectivity index (χ0) is 22.3. The van der Waals surface area contributed by atoms with Crippen molar-refractivity contribution in [2.24, 2.45) is 5.73 Å². The number of amidine groups is 1. The van der Waals surface area contributed by atoms with Crippen LogP contribution in [0, 0.1) is 5.41 Å². The summed E-state index contributed by atoms with van der Waals surface area (Å²) in [5, 5.41) is 18.5. The predicted octanol–water partition coefficient (Wildman–Crippen LogP) is 2.02. The van der Waals surface area contributed by atoms with Gasteiger partial charge in [-0.2, -0.15) is 4.72 Å². The molecule has 0 spiro atoms. The van der Waals surface area contributed by atoms with Crippen molar-refractivity contribution in [3.8, 4) is 5.75 Å². The fourth-order valence-electron chi connectivity index (χ4n) is 3.38. The Labute approximate surface area is 187 Å². The van der Waals surface area contributed by atoms with Gasteiger partial charge >= 0.3 is 0 Å². The number of halogens is 1. The molecule has 1 aromatic carbocycles. The summed E-state index contributed by atoms with van der Waals surface area (Å²) in [6.45, 7) is 0.395. The first-order valence-corrected chi connectivity index (χ1v) is 11.8. The first kappa shape index (κ1) is 21.5. The number of aromatic nitrogens is 1. The first-order chi connectivity index (χ1) is 14.7. The number of nitrogens with two attached hydrogens (primary N) is 1. The summed E-state index contributed by atoms with van der Waals surface area (Å²) in [4.78, 5) is 18.2. The number of carbonyl (C=O) groups is 1. The van der Waals surface area contributed by atoms with Crippen LogP contribution in [-0.4, -0.2) is 47.7 Å². The van der Waals surface area contributed by atoms with Crippen LogP contribution in [0.15, 0.2) is 40.7 Å². The van der Waals surface area contributed by atoms with Crippen LogP contribution < -0.4 is 10.5 Å². The highest BCUT2D eigenvalue weighted by Crippen LogP contribution is 2.33. The number of fused-ring (bicyclic) bond motifs is 1. The van der Waals surface area contributed by atoms with Crippen LogP contribution in [0.4, 0.5) is 0 Å². The fraction of sp³-hybridized carbons (Fsp3) is 0.211. The number of pyridine rings is 1. The number of nitrogens with zero attached hydrogens (tertiary/aromatic N) is 2. The van der Waals surface area contributed by atoms with Crippen LogP contribution in [-0.2, 0) is 21.4 Å². The summed E-state index contributed by atoms with van der Waals surface area (Å²) >= 11 is 7.03. The molecule has 0 saturated carbocycles. The van der Waals surface area contributed by atoms with Crippen molar-refractivity contribution in [2.45, 2.75) is 23.2 Å². The number of carbonyl (C=O) groups excluding carboxylic acids is 1. The Bertz CT molecular complexity index is 1310. The number of phenolic OH excluding ortho intramolecular Hbond substituents is 1. The number of nitrogens with one attached hydrogen (secondary N) is 2. The van der Waals surface area contributed by atoms with E-state index in [0.717, 1.165) is 11.3 Å². The molecule has 5 N–H and O–H groups in total. The average Bonchev–Trinajstić information content (AvgIpc) is 3.30. The Morgan fingerprint density at radius 3 is 2.87 bits per heavy atom. The van der Waals surface area contributed by atoms with Crippen molar-refractivity contribution in [1.29, 1.82) is 5.41 Å². The molecular formula is C19H18ClN5O4S2. The minimum Gasteiger partial charge on any atom is -0.508 e. The molecule has 162 valence electrons. The minimum atomic E-state index is -3.94. The lowest BCUT2D eigenvalue weighted by molar-refractivity contribution is -0.129. The molecule has 12 heteroatoms. The smallest absolute Gasteiger partial charge is 0.250 e. The van der Waals surface area contributed by atoms with Gasteiger partial charge < -0.3 is 15.7 Å². The first-order valence-electron chi connectivity index (χ1n) is 9.17. The fourth-order valence-corrected chi connectivity index (χ4v) is 6.25. The summed E-state index contributed by atoms with van der Waals surface area (Å²) in [7, 11) is -3.94. The summed E-state index contributed by atoms with van der Waals surface area (Å²) in [6.07, 6.45) is 1.79. The van der Waals surface area contributed by atoms with Crippen molar-refractivity contribution < 1.29 is 18.3 Å². The summed E-state index contributed by atoms with van der Waals surface area (Å²) in [5.74, 6) is -0.576. The van der Waals surface area contributed by atoms with Crippen LogP contribution in [0.1, 0.15) is 17.5 Å². The lowest BCUT2D eigenvalue weighted by Crippen LogP contribution is -2.41. The predicted molar refractivity (Wildman–Crippen MR) is 118 cm³/mol. The number of aromatic hydroxyl groups is 1. The molecule has 2 aromatic heterocycles. The SMILES string of the molecule is N=C(N)c1ccc(O)c(CN2CC[C@H](NS(=O)(=O)c3cc4ccnc(Cl)c4s3)C2=O)c1. The number of likely N-dealkylation sites (tertiary alicyclic amines) is 1. The molecule has 0 bridgehead atoms. The Hall–Kier alpha value is -2.73. The topological polar surface area (TPSA) is 149 Å². The molecule has 3 aromatic rings. The van der Waals surface area contributed by atoms with Crippen molar-refractivity contribution in [1.82, 2.24) is 14.6 Å². The molecule has 0 unspecified atom stereocenters. The van der Waals surface area contributed by atoms with Crippen molar-refractivity contribution in [2.75, 3.05) is 6.54 Å². The average molecular weight is 480 g/mol. The van der Waals surface area contributed by atoms with Crippen LogP contribution in [0.5, 0.6) is 5.75 Å². The molecule has 31 heavy (non-hydrogen) atoms. The zero-order valence-electron chi connectivity index (χ0n) is 16.0. The van der Waals surface area contributed by atoms with Gasteiger partial charge in [-0.25, -0.2) is 13.4 Å². The summed E-state index contributed by atoms with van der Waals surface area (Å²) in [5.41, 5.74) is 6.34. The summed E-state index contributed by atoms with van der Waals surface area (Å²) in [6, 6.07) is 6.71. The molecule has 1 amide bonds. The van der Waals surface area contributed by atoms with Gasteiger partial charge in [-0.05, 0) is 42.1 Å². The molecular weight excluding hydrogens is 462 g/mol. The van der Waals surface area contributed by atoms with E-state index >= 15 is 0 Å². The minimum absolute atomic E-state index is 0.0300. The van der Waals surface area contributed by atoms with Crippen LogP contribution in [0.3, 0.4) is 0 Å². The largest absolute Gasteiger partial charge is 0.508 e.